The van der Waals surface area contributed by atoms with Crippen LogP contribution in [0.4, 0.5) is 0 Å². The number of ether oxygens (including phenoxy) is 2. The zero-order chi connectivity index (χ0) is 15.2. The summed E-state index contributed by atoms with van der Waals surface area (Å²) in [4.78, 5) is 11.6. The summed E-state index contributed by atoms with van der Waals surface area (Å²) >= 11 is 0. The average molecular weight is 301 g/mol. The Morgan fingerprint density at radius 1 is 1.40 bits per heavy atom. The Kier molecular flexibility index (Phi) is 5.97. The summed E-state index contributed by atoms with van der Waals surface area (Å²) < 4.78 is 32.9. The first-order valence-electron chi connectivity index (χ1n) is 6.06. The molecule has 6 nitrogen and oxygen atoms in total. The molecule has 0 saturated heterocycles. The quantitative estimate of drug-likeness (QED) is 0.744. The van der Waals surface area contributed by atoms with E-state index in [2.05, 4.69) is 10.1 Å². The Bertz CT molecular complexity index is 556. The van der Waals surface area contributed by atoms with E-state index in [-0.39, 0.29) is 17.5 Å². The number of benzene rings is 1. The van der Waals surface area contributed by atoms with Gasteiger partial charge in [-0.05, 0) is 25.2 Å². The maximum Gasteiger partial charge on any atom is 0.322 e. The van der Waals surface area contributed by atoms with E-state index in [1.807, 2.05) is 0 Å². The number of methoxy groups -OCH3 is 1. The van der Waals surface area contributed by atoms with Crippen molar-refractivity contribution in [1.82, 2.24) is 5.32 Å². The fourth-order valence-corrected chi connectivity index (χ4v) is 2.27. The Morgan fingerprint density at radius 2 is 2.10 bits per heavy atom. The van der Waals surface area contributed by atoms with Crippen molar-refractivity contribution in [3.05, 3.63) is 24.3 Å². The molecule has 0 heterocycles. The molecule has 0 bridgehead atoms. The van der Waals surface area contributed by atoms with Crippen LogP contribution in [0.2, 0.25) is 0 Å². The van der Waals surface area contributed by atoms with Crippen molar-refractivity contribution in [3.63, 3.8) is 0 Å². The number of rotatable bonds is 7. The fraction of sp³-hybridized carbons (Fsp3) is 0.462. The number of carbonyl (C=O) groups is 1. The van der Waals surface area contributed by atoms with Crippen molar-refractivity contribution < 1.29 is 22.7 Å². The summed E-state index contributed by atoms with van der Waals surface area (Å²) in [5.41, 5.74) is 0. The molecule has 0 spiro atoms. The molecule has 0 aliphatic carbocycles. The Morgan fingerprint density at radius 3 is 2.65 bits per heavy atom. The van der Waals surface area contributed by atoms with Gasteiger partial charge >= 0.3 is 5.97 Å². The highest BCUT2D eigenvalue weighted by Crippen LogP contribution is 2.17. The Hall–Kier alpha value is -1.60. The molecule has 20 heavy (non-hydrogen) atoms. The van der Waals surface area contributed by atoms with E-state index < -0.39 is 15.9 Å². The summed E-state index contributed by atoms with van der Waals surface area (Å²) in [6.07, 6.45) is 1.56. The molecule has 112 valence electrons. The number of hydrogen-bond donors (Lipinski definition) is 1. The first-order valence-corrected chi connectivity index (χ1v) is 7.95. The van der Waals surface area contributed by atoms with Crippen molar-refractivity contribution in [2.45, 2.75) is 17.4 Å². The number of esters is 1. The third-order valence-corrected chi connectivity index (χ3v) is 3.85. The molecule has 1 rings (SSSR count). The smallest absolute Gasteiger partial charge is 0.322 e. The number of likely N-dealkylation sites (N-methyl/N-ethyl adjacent to an activating group) is 1. The molecule has 1 N–H and O–H groups in total. The van der Waals surface area contributed by atoms with Gasteiger partial charge in [-0.2, -0.15) is 0 Å². The highest BCUT2D eigenvalue weighted by molar-refractivity contribution is 7.90. The third-order valence-electron chi connectivity index (χ3n) is 2.74. The lowest BCUT2D eigenvalue weighted by molar-refractivity contribution is -0.143. The van der Waals surface area contributed by atoms with E-state index in [0.29, 0.717) is 12.2 Å². The van der Waals surface area contributed by atoms with Crippen molar-refractivity contribution in [2.24, 2.45) is 0 Å². The van der Waals surface area contributed by atoms with E-state index in [4.69, 9.17) is 4.74 Å². The molecule has 1 unspecified atom stereocenters. The second-order valence-corrected chi connectivity index (χ2v) is 6.26. The van der Waals surface area contributed by atoms with E-state index >= 15 is 0 Å². The number of sulfone groups is 1. The summed E-state index contributed by atoms with van der Waals surface area (Å²) in [5, 5.41) is 2.82. The van der Waals surface area contributed by atoms with Crippen LogP contribution in [0.1, 0.15) is 6.42 Å². The highest BCUT2D eigenvalue weighted by atomic mass is 32.2. The summed E-state index contributed by atoms with van der Waals surface area (Å²) in [6, 6.07) is 5.80. The normalized spacial score (nSPS) is 12.8. The van der Waals surface area contributed by atoms with E-state index in [0.717, 1.165) is 6.26 Å². The van der Waals surface area contributed by atoms with Crippen molar-refractivity contribution in [2.75, 3.05) is 27.0 Å². The molecule has 7 heteroatoms. The molecule has 0 aliphatic rings. The van der Waals surface area contributed by atoms with Crippen LogP contribution >= 0.6 is 0 Å². The van der Waals surface area contributed by atoms with Gasteiger partial charge in [-0.25, -0.2) is 8.42 Å². The average Bonchev–Trinajstić information content (AvgIpc) is 2.42. The SMILES string of the molecule is CNC(CCOc1cccc(S(C)(=O)=O)c1)C(=O)OC. The largest absolute Gasteiger partial charge is 0.493 e. The molecular weight excluding hydrogens is 282 g/mol. The summed E-state index contributed by atoms with van der Waals surface area (Å²) in [6.45, 7) is 0.272. The van der Waals surface area contributed by atoms with E-state index in [1.54, 1.807) is 19.2 Å². The lowest BCUT2D eigenvalue weighted by Gasteiger charge is -2.14. The summed E-state index contributed by atoms with van der Waals surface area (Å²) in [5.74, 6) is 0.0913. The van der Waals surface area contributed by atoms with Gasteiger partial charge in [0.2, 0.25) is 0 Å². The predicted octanol–water partition coefficient (Wildman–Crippen LogP) is 0.620. The molecule has 0 amide bonds. The minimum absolute atomic E-state index is 0.202. The maximum absolute atomic E-state index is 11.4. The Labute approximate surface area is 119 Å². The zero-order valence-corrected chi connectivity index (χ0v) is 12.6. The van der Waals surface area contributed by atoms with Crippen molar-refractivity contribution in [3.8, 4) is 5.75 Å². The highest BCUT2D eigenvalue weighted by Gasteiger charge is 2.16. The van der Waals surface area contributed by atoms with Gasteiger partial charge in [0.15, 0.2) is 9.84 Å². The number of nitrogens with one attached hydrogen (secondary N) is 1. The molecule has 1 aromatic carbocycles. The van der Waals surface area contributed by atoms with Gasteiger partial charge < -0.3 is 14.8 Å². The third kappa shape index (κ3) is 4.82. The topological polar surface area (TPSA) is 81.7 Å². The minimum atomic E-state index is -3.26. The fourth-order valence-electron chi connectivity index (χ4n) is 1.61. The van der Waals surface area contributed by atoms with Gasteiger partial charge in [-0.15, -0.1) is 0 Å². The lowest BCUT2D eigenvalue weighted by Crippen LogP contribution is -2.36. The van der Waals surface area contributed by atoms with Crippen LogP contribution in [-0.2, 0) is 19.4 Å². The first-order chi connectivity index (χ1) is 9.38. The molecule has 1 aromatic rings. The standard InChI is InChI=1S/C13H19NO5S/c1-14-12(13(15)18-2)7-8-19-10-5-4-6-11(9-10)20(3,16)17/h4-6,9,12,14H,7-8H2,1-3H3. The number of hydrogen-bond acceptors (Lipinski definition) is 6. The zero-order valence-electron chi connectivity index (χ0n) is 11.8. The maximum atomic E-state index is 11.4. The van der Waals surface area contributed by atoms with Crippen LogP contribution in [0.15, 0.2) is 29.2 Å². The van der Waals surface area contributed by atoms with Gasteiger partial charge in [0.05, 0.1) is 18.6 Å². The van der Waals surface area contributed by atoms with Gasteiger partial charge in [0.1, 0.15) is 11.8 Å². The molecule has 0 saturated carbocycles. The molecule has 0 aliphatic heterocycles. The van der Waals surface area contributed by atoms with Gasteiger partial charge in [-0.1, -0.05) is 6.07 Å². The second kappa shape index (κ2) is 7.25. The van der Waals surface area contributed by atoms with Crippen LogP contribution < -0.4 is 10.1 Å². The minimum Gasteiger partial charge on any atom is -0.493 e. The van der Waals surface area contributed by atoms with Crippen LogP contribution in [0.5, 0.6) is 5.75 Å². The van der Waals surface area contributed by atoms with Gasteiger partial charge in [0, 0.05) is 12.7 Å². The lowest BCUT2D eigenvalue weighted by atomic mass is 10.2. The van der Waals surface area contributed by atoms with Crippen LogP contribution in [0.3, 0.4) is 0 Å². The Balaban J connectivity index is 2.60. The molecule has 0 fully saturated rings. The molecule has 0 aromatic heterocycles. The monoisotopic (exact) mass is 301 g/mol. The van der Waals surface area contributed by atoms with Crippen LogP contribution in [-0.4, -0.2) is 47.4 Å². The number of carbonyl (C=O) groups excluding carboxylic acids is 1. The van der Waals surface area contributed by atoms with Crippen molar-refractivity contribution >= 4 is 15.8 Å². The second-order valence-electron chi connectivity index (χ2n) is 4.25. The summed E-state index contributed by atoms with van der Waals surface area (Å²) in [7, 11) is -0.274. The van der Waals surface area contributed by atoms with Crippen LogP contribution in [0.25, 0.3) is 0 Å². The van der Waals surface area contributed by atoms with E-state index in [9.17, 15) is 13.2 Å². The van der Waals surface area contributed by atoms with Crippen molar-refractivity contribution in [1.29, 1.82) is 0 Å². The van der Waals surface area contributed by atoms with Crippen LogP contribution in [0, 0.1) is 0 Å². The molecule has 0 radical (unpaired) electrons. The first kappa shape index (κ1) is 16.5. The van der Waals surface area contributed by atoms with E-state index in [1.165, 1.54) is 19.2 Å². The van der Waals surface area contributed by atoms with Gasteiger partial charge in [0.25, 0.3) is 0 Å². The van der Waals surface area contributed by atoms with Gasteiger partial charge in [-0.3, -0.25) is 4.79 Å². The molecular formula is C13H19NO5S. The molecule has 1 atom stereocenters. The predicted molar refractivity (Wildman–Crippen MR) is 74.5 cm³/mol.